The van der Waals surface area contributed by atoms with E-state index in [4.69, 9.17) is 10.5 Å². The van der Waals surface area contributed by atoms with Gasteiger partial charge >= 0.3 is 0 Å². The zero-order chi connectivity index (χ0) is 2.00. The molecule has 25 valence electrons. The van der Waals surface area contributed by atoms with Gasteiger partial charge in [-0.1, -0.05) is 0 Å². The second kappa shape index (κ2) is 30.0. The van der Waals surface area contributed by atoms with Crippen LogP contribution >= 0.6 is 0 Å². The summed E-state index contributed by atoms with van der Waals surface area (Å²) >= 11 is 0. The molecule has 0 bridgehead atoms. The maximum Gasteiger partial charge on any atom is 0 e. The Kier molecular flexibility index (Phi) is 143. The number of hydrogen-bond acceptors (Lipinski definition) is 2. The van der Waals surface area contributed by atoms with Gasteiger partial charge in [0.15, 0.2) is 0 Å². The van der Waals surface area contributed by atoms with E-state index in [1.54, 1.807) is 0 Å². The molecule has 4 heavy (non-hydrogen) atoms. The molecule has 0 rings (SSSR count). The van der Waals surface area contributed by atoms with Gasteiger partial charge < -0.3 is 0 Å². The molecule has 0 unspecified atom stereocenters. The van der Waals surface area contributed by atoms with Crippen LogP contribution in [-0.4, -0.2) is 10.5 Å². The first-order valence-electron chi connectivity index (χ1n) is 0.200. The van der Waals surface area contributed by atoms with E-state index in [2.05, 4.69) is 0 Å². The number of hydrogen-bond donors (Lipinski definition) is 2. The molecule has 2 N–H and O–H groups in total. The van der Waals surface area contributed by atoms with Crippen LogP contribution in [0.3, 0.4) is 0 Å². The summed E-state index contributed by atoms with van der Waals surface area (Å²) < 4.78 is 0. The van der Waals surface area contributed by atoms with Crippen molar-refractivity contribution in [1.82, 2.24) is 0 Å². The minimum atomic E-state index is 0. The van der Waals surface area contributed by atoms with Crippen molar-refractivity contribution in [1.29, 1.82) is 0 Å². The fourth-order valence-corrected chi connectivity index (χ4v) is 0. The standard InChI is InChI=1S/Mo.H2O2.V/c;1-2;/h;1-2H;. The average Bonchev–Trinajstić information content (AvgIpc) is 1.00. The third-order valence-corrected chi connectivity index (χ3v) is 0. The molecule has 0 amide bonds. The van der Waals surface area contributed by atoms with Crippen molar-refractivity contribution in [2.75, 3.05) is 0 Å². The Bertz CT molecular complexity index is 6.00. The van der Waals surface area contributed by atoms with Gasteiger partial charge in [0.25, 0.3) is 0 Å². The molecule has 1 radical (unpaired) electrons. The fourth-order valence-electron chi connectivity index (χ4n) is 0. The Hall–Kier alpha value is 1.19. The van der Waals surface area contributed by atoms with Crippen LogP contribution in [-0.2, 0) is 39.6 Å². The fraction of sp³-hybridized carbons (Fsp3) is 0. The van der Waals surface area contributed by atoms with E-state index in [9.17, 15) is 0 Å². The molecular weight excluding hydrogens is 179 g/mol. The summed E-state index contributed by atoms with van der Waals surface area (Å²) in [5, 5.41) is 12.0. The minimum Gasteiger partial charge on any atom is -0.255 e. The van der Waals surface area contributed by atoms with Crippen LogP contribution in [0.25, 0.3) is 0 Å². The van der Waals surface area contributed by atoms with Gasteiger partial charge in [0, 0.05) is 39.6 Å². The summed E-state index contributed by atoms with van der Waals surface area (Å²) in [5.41, 5.74) is 0. The van der Waals surface area contributed by atoms with E-state index in [0.717, 1.165) is 0 Å². The Morgan fingerprint density at radius 1 is 1.00 bits per heavy atom. The van der Waals surface area contributed by atoms with Crippen molar-refractivity contribution in [2.24, 2.45) is 0 Å². The van der Waals surface area contributed by atoms with Gasteiger partial charge in [0.2, 0.25) is 0 Å². The van der Waals surface area contributed by atoms with E-state index in [1.807, 2.05) is 0 Å². The molecule has 0 atom stereocenters. The summed E-state index contributed by atoms with van der Waals surface area (Å²) in [4.78, 5) is 0. The Labute approximate surface area is 50.3 Å². The zero-order valence-electron chi connectivity index (χ0n) is 1.75. The molecular formula is H2MoO2V. The molecule has 4 heteroatoms. The smallest absolute Gasteiger partial charge is 0 e. The molecule has 0 aromatic heterocycles. The molecule has 0 aromatic rings. The maximum absolute atomic E-state index is 6.00. The zero-order valence-corrected chi connectivity index (χ0v) is 5.15. The third kappa shape index (κ3) is 10.8. The molecule has 0 spiro atoms. The monoisotopic (exact) mass is 183 g/mol. The minimum absolute atomic E-state index is 0. The van der Waals surface area contributed by atoms with Gasteiger partial charge in [-0.15, -0.1) is 0 Å². The predicted octanol–water partition coefficient (Wildman–Crippen LogP) is 0.0124. The van der Waals surface area contributed by atoms with E-state index in [1.165, 1.54) is 0 Å². The van der Waals surface area contributed by atoms with Crippen molar-refractivity contribution in [3.05, 3.63) is 0 Å². The van der Waals surface area contributed by atoms with Gasteiger partial charge in [-0.3, -0.25) is 10.5 Å². The first-order chi connectivity index (χ1) is 1.00. The van der Waals surface area contributed by atoms with Crippen LogP contribution in [0.1, 0.15) is 0 Å². The normalized spacial score (nSPS) is 1.50. The molecule has 2 nitrogen and oxygen atoms in total. The van der Waals surface area contributed by atoms with Crippen molar-refractivity contribution in [3.63, 3.8) is 0 Å². The van der Waals surface area contributed by atoms with Gasteiger partial charge in [-0.05, 0) is 0 Å². The first-order valence-corrected chi connectivity index (χ1v) is 0.200. The van der Waals surface area contributed by atoms with Crippen LogP contribution in [0.5, 0.6) is 0 Å². The molecule has 0 aliphatic heterocycles. The van der Waals surface area contributed by atoms with Crippen molar-refractivity contribution < 1.29 is 50.1 Å². The first kappa shape index (κ1) is 19.0. The summed E-state index contributed by atoms with van der Waals surface area (Å²) in [5.74, 6) is 0. The van der Waals surface area contributed by atoms with Crippen molar-refractivity contribution in [2.45, 2.75) is 0 Å². The average molecular weight is 181 g/mol. The van der Waals surface area contributed by atoms with Crippen molar-refractivity contribution in [3.8, 4) is 0 Å². The van der Waals surface area contributed by atoms with Crippen LogP contribution in [0.2, 0.25) is 0 Å². The Morgan fingerprint density at radius 3 is 1.00 bits per heavy atom. The Balaban J connectivity index is -0.00000000500. The van der Waals surface area contributed by atoms with E-state index < -0.39 is 0 Å². The van der Waals surface area contributed by atoms with Gasteiger partial charge in [-0.25, -0.2) is 0 Å². The third-order valence-electron chi connectivity index (χ3n) is 0. The number of rotatable bonds is 0. The SMILES string of the molecule is OO.[Mo].[V]. The summed E-state index contributed by atoms with van der Waals surface area (Å²) in [7, 11) is 0. The van der Waals surface area contributed by atoms with Gasteiger partial charge in [0.05, 0.1) is 0 Å². The second-order valence-electron chi connectivity index (χ2n) is 0. The van der Waals surface area contributed by atoms with Crippen LogP contribution in [0, 0.1) is 0 Å². The van der Waals surface area contributed by atoms with Crippen LogP contribution < -0.4 is 0 Å². The summed E-state index contributed by atoms with van der Waals surface area (Å²) in [6, 6.07) is 0. The molecule has 0 aliphatic carbocycles. The molecule has 0 aromatic carbocycles. The van der Waals surface area contributed by atoms with E-state index in [-0.39, 0.29) is 39.6 Å². The van der Waals surface area contributed by atoms with E-state index >= 15 is 0 Å². The second-order valence-corrected chi connectivity index (χ2v) is 0. The topological polar surface area (TPSA) is 40.5 Å². The van der Waals surface area contributed by atoms with E-state index in [0.29, 0.717) is 0 Å². The van der Waals surface area contributed by atoms with Crippen LogP contribution in [0.15, 0.2) is 0 Å². The predicted molar refractivity (Wildman–Crippen MR) is 5.26 cm³/mol. The molecule has 0 saturated heterocycles. The molecule has 0 aliphatic rings. The molecule has 0 fully saturated rings. The Morgan fingerprint density at radius 2 is 1.00 bits per heavy atom. The van der Waals surface area contributed by atoms with Gasteiger partial charge in [0.1, 0.15) is 0 Å². The maximum atomic E-state index is 6.00. The quantitative estimate of drug-likeness (QED) is 0.314. The largest absolute Gasteiger partial charge is 0.255 e. The van der Waals surface area contributed by atoms with Gasteiger partial charge in [-0.2, -0.15) is 0 Å². The summed E-state index contributed by atoms with van der Waals surface area (Å²) in [6.45, 7) is 0. The summed E-state index contributed by atoms with van der Waals surface area (Å²) in [6.07, 6.45) is 0. The van der Waals surface area contributed by atoms with Crippen LogP contribution in [0.4, 0.5) is 0 Å². The molecule has 0 saturated carbocycles. The molecule has 0 heterocycles. The van der Waals surface area contributed by atoms with Crippen molar-refractivity contribution >= 4 is 0 Å².